The molecule has 2 rings (SSSR count). The zero-order valence-electron chi connectivity index (χ0n) is 11.2. The second kappa shape index (κ2) is 5.70. The maximum Gasteiger partial charge on any atom is 0.220 e. The number of amides is 1. The largest absolute Gasteiger partial charge is 0.388 e. The predicted octanol–water partition coefficient (Wildman–Crippen LogP) is 2.35. The molecule has 1 saturated carbocycles. The lowest BCUT2D eigenvalue weighted by Crippen LogP contribution is -2.47. The third-order valence-electron chi connectivity index (χ3n) is 3.83. The van der Waals surface area contributed by atoms with Gasteiger partial charge in [-0.15, -0.1) is 0 Å². The zero-order chi connectivity index (χ0) is 13.9. The molecule has 1 aromatic rings. The summed E-state index contributed by atoms with van der Waals surface area (Å²) in [5, 5.41) is 12.7. The normalized spacial score (nSPS) is 18.5. The Hall–Kier alpha value is -1.42. The summed E-state index contributed by atoms with van der Waals surface area (Å²) in [4.78, 5) is 11.8. The van der Waals surface area contributed by atoms with Crippen molar-refractivity contribution in [3.8, 4) is 0 Å². The van der Waals surface area contributed by atoms with E-state index >= 15 is 0 Å². The summed E-state index contributed by atoms with van der Waals surface area (Å²) in [5.74, 6) is -0.304. The topological polar surface area (TPSA) is 49.3 Å². The number of nitrogens with one attached hydrogen (secondary N) is 1. The predicted molar refractivity (Wildman–Crippen MR) is 71.2 cm³/mol. The zero-order valence-corrected chi connectivity index (χ0v) is 11.2. The van der Waals surface area contributed by atoms with Crippen LogP contribution in [0.4, 0.5) is 4.39 Å². The molecular weight excluding hydrogens is 245 g/mol. The molecule has 0 aromatic heterocycles. The number of benzene rings is 1. The van der Waals surface area contributed by atoms with E-state index in [-0.39, 0.29) is 17.6 Å². The van der Waals surface area contributed by atoms with E-state index < -0.39 is 5.60 Å². The quantitative estimate of drug-likeness (QED) is 0.858. The van der Waals surface area contributed by atoms with E-state index in [1.165, 1.54) is 12.1 Å². The highest BCUT2D eigenvalue weighted by molar-refractivity contribution is 5.76. The summed E-state index contributed by atoms with van der Waals surface area (Å²) < 4.78 is 12.8. The number of carbonyl (C=O) groups excluding carboxylic acids is 1. The molecule has 1 atom stereocenters. The number of halogens is 1. The number of carbonyl (C=O) groups is 1. The summed E-state index contributed by atoms with van der Waals surface area (Å²) in [7, 11) is 0. The molecule has 0 saturated heterocycles. The first-order valence-electron chi connectivity index (χ1n) is 6.73. The Morgan fingerprint density at radius 2 is 2.05 bits per heavy atom. The van der Waals surface area contributed by atoms with Crippen molar-refractivity contribution in [2.45, 2.75) is 44.1 Å². The van der Waals surface area contributed by atoms with Crippen LogP contribution in [0.5, 0.6) is 0 Å². The molecule has 1 aliphatic rings. The van der Waals surface area contributed by atoms with Gasteiger partial charge < -0.3 is 10.4 Å². The molecule has 104 valence electrons. The molecule has 1 aliphatic carbocycles. The maximum atomic E-state index is 12.8. The van der Waals surface area contributed by atoms with E-state index in [1.54, 1.807) is 12.1 Å². The lowest BCUT2D eigenvalue weighted by molar-refractivity contribution is -0.123. The van der Waals surface area contributed by atoms with Crippen LogP contribution >= 0.6 is 0 Å². The van der Waals surface area contributed by atoms with Crippen LogP contribution in [0.2, 0.25) is 0 Å². The standard InChI is InChI=1S/C15H20FNO2/c1-11(12-3-5-13(16)6-4-12)9-14(18)17-10-15(19)7-2-8-15/h3-6,11,19H,2,7-10H2,1H3,(H,17,18). The average molecular weight is 265 g/mol. The fraction of sp³-hybridized carbons (Fsp3) is 0.533. The lowest BCUT2D eigenvalue weighted by Gasteiger charge is -2.36. The van der Waals surface area contributed by atoms with Crippen LogP contribution in [0.3, 0.4) is 0 Å². The van der Waals surface area contributed by atoms with Crippen LogP contribution in [-0.2, 0) is 4.79 Å². The first kappa shape index (κ1) is 14.0. The number of hydrogen-bond acceptors (Lipinski definition) is 2. The minimum atomic E-state index is -0.686. The minimum Gasteiger partial charge on any atom is -0.388 e. The number of rotatable bonds is 5. The molecule has 2 N–H and O–H groups in total. The van der Waals surface area contributed by atoms with Crippen LogP contribution in [0.1, 0.15) is 44.1 Å². The fourth-order valence-electron chi connectivity index (χ4n) is 2.28. The second-order valence-corrected chi connectivity index (χ2v) is 5.51. The van der Waals surface area contributed by atoms with Crippen molar-refractivity contribution >= 4 is 5.91 Å². The molecule has 1 unspecified atom stereocenters. The van der Waals surface area contributed by atoms with Crippen LogP contribution < -0.4 is 5.32 Å². The molecule has 3 nitrogen and oxygen atoms in total. The fourth-order valence-corrected chi connectivity index (χ4v) is 2.28. The summed E-state index contributed by atoms with van der Waals surface area (Å²) in [6.45, 7) is 2.27. The number of hydrogen-bond donors (Lipinski definition) is 2. The Kier molecular flexibility index (Phi) is 4.20. The Morgan fingerprint density at radius 1 is 1.42 bits per heavy atom. The summed E-state index contributed by atoms with van der Waals surface area (Å²) in [6, 6.07) is 6.21. The van der Waals surface area contributed by atoms with Crippen molar-refractivity contribution in [2.75, 3.05) is 6.54 Å². The van der Waals surface area contributed by atoms with Crippen LogP contribution in [0.25, 0.3) is 0 Å². The highest BCUT2D eigenvalue weighted by Crippen LogP contribution is 2.30. The molecular formula is C15H20FNO2. The smallest absolute Gasteiger partial charge is 0.220 e. The van der Waals surface area contributed by atoms with Gasteiger partial charge in [-0.1, -0.05) is 19.1 Å². The molecule has 0 bridgehead atoms. The van der Waals surface area contributed by atoms with Crippen molar-refractivity contribution < 1.29 is 14.3 Å². The Labute approximate surface area is 112 Å². The highest BCUT2D eigenvalue weighted by Gasteiger charge is 2.34. The van der Waals surface area contributed by atoms with Crippen molar-refractivity contribution in [2.24, 2.45) is 0 Å². The van der Waals surface area contributed by atoms with Crippen molar-refractivity contribution in [3.63, 3.8) is 0 Å². The van der Waals surface area contributed by atoms with Crippen molar-refractivity contribution in [3.05, 3.63) is 35.6 Å². The maximum absolute atomic E-state index is 12.8. The third kappa shape index (κ3) is 3.77. The lowest BCUT2D eigenvalue weighted by atomic mass is 9.80. The van der Waals surface area contributed by atoms with Gasteiger partial charge in [0.25, 0.3) is 0 Å². The first-order valence-corrected chi connectivity index (χ1v) is 6.73. The Balaban J connectivity index is 1.79. The average Bonchev–Trinajstić information content (AvgIpc) is 2.35. The molecule has 0 heterocycles. The third-order valence-corrected chi connectivity index (χ3v) is 3.83. The van der Waals surface area contributed by atoms with Crippen LogP contribution in [-0.4, -0.2) is 23.2 Å². The molecule has 19 heavy (non-hydrogen) atoms. The van der Waals surface area contributed by atoms with Crippen molar-refractivity contribution in [1.29, 1.82) is 0 Å². The van der Waals surface area contributed by atoms with E-state index in [9.17, 15) is 14.3 Å². The summed E-state index contributed by atoms with van der Waals surface area (Å²) >= 11 is 0. The van der Waals surface area contributed by atoms with Crippen molar-refractivity contribution in [1.82, 2.24) is 5.32 Å². The Morgan fingerprint density at radius 3 is 2.58 bits per heavy atom. The molecule has 1 amide bonds. The van der Waals surface area contributed by atoms with Gasteiger partial charge in [-0.05, 0) is 42.9 Å². The van der Waals surface area contributed by atoms with E-state index in [4.69, 9.17) is 0 Å². The summed E-state index contributed by atoms with van der Waals surface area (Å²) in [5.41, 5.74) is 0.258. The van der Waals surface area contributed by atoms with Gasteiger partial charge in [0, 0.05) is 13.0 Å². The molecule has 1 aromatic carbocycles. The van der Waals surface area contributed by atoms with Gasteiger partial charge in [-0.3, -0.25) is 4.79 Å². The number of aliphatic hydroxyl groups is 1. The summed E-state index contributed by atoms with van der Waals surface area (Å²) in [6.07, 6.45) is 2.90. The van der Waals surface area contributed by atoms with Crippen LogP contribution in [0, 0.1) is 5.82 Å². The Bertz CT molecular complexity index is 440. The monoisotopic (exact) mass is 265 g/mol. The van der Waals surface area contributed by atoms with E-state index in [0.717, 1.165) is 24.8 Å². The molecule has 0 aliphatic heterocycles. The highest BCUT2D eigenvalue weighted by atomic mass is 19.1. The van der Waals surface area contributed by atoms with Crippen LogP contribution in [0.15, 0.2) is 24.3 Å². The minimum absolute atomic E-state index is 0.0385. The van der Waals surface area contributed by atoms with Gasteiger partial charge in [-0.25, -0.2) is 4.39 Å². The van der Waals surface area contributed by atoms with E-state index in [0.29, 0.717) is 13.0 Å². The van der Waals surface area contributed by atoms with E-state index in [2.05, 4.69) is 5.32 Å². The molecule has 0 spiro atoms. The van der Waals surface area contributed by atoms with Gasteiger partial charge in [0.2, 0.25) is 5.91 Å². The SMILES string of the molecule is CC(CC(=O)NCC1(O)CCC1)c1ccc(F)cc1. The van der Waals surface area contributed by atoms with Gasteiger partial charge >= 0.3 is 0 Å². The molecule has 4 heteroatoms. The van der Waals surface area contributed by atoms with Gasteiger partial charge in [0.05, 0.1) is 5.60 Å². The van der Waals surface area contributed by atoms with Gasteiger partial charge in [0.1, 0.15) is 5.82 Å². The van der Waals surface area contributed by atoms with Gasteiger partial charge in [0.15, 0.2) is 0 Å². The second-order valence-electron chi connectivity index (χ2n) is 5.51. The van der Waals surface area contributed by atoms with Gasteiger partial charge in [-0.2, -0.15) is 0 Å². The first-order chi connectivity index (χ1) is 8.98. The molecule has 1 fully saturated rings. The molecule has 0 radical (unpaired) electrons. The van der Waals surface area contributed by atoms with E-state index in [1.807, 2.05) is 6.92 Å².